The van der Waals surface area contributed by atoms with E-state index >= 15 is 0 Å². The Bertz CT molecular complexity index is 724. The molecular weight excluding hydrogens is 278 g/mol. The minimum Gasteiger partial charge on any atom is -0.491 e. The van der Waals surface area contributed by atoms with Crippen LogP contribution in [-0.4, -0.2) is 20.0 Å². The second-order valence-corrected chi connectivity index (χ2v) is 6.30. The van der Waals surface area contributed by atoms with Crippen molar-refractivity contribution < 1.29 is 13.2 Å². The number of hydrogen-bond acceptors (Lipinski definition) is 4. The maximum atomic E-state index is 12.3. The molecule has 6 nitrogen and oxygen atoms in total. The van der Waals surface area contributed by atoms with E-state index in [2.05, 4.69) is 9.71 Å². The Hall–Kier alpha value is -1.83. The fourth-order valence-corrected chi connectivity index (χ4v) is 3.42. The molecule has 0 spiro atoms. The fourth-order valence-electron chi connectivity index (χ4n) is 2.21. The number of aromatic nitrogens is 1. The highest BCUT2D eigenvalue weighted by molar-refractivity contribution is 7.89. The third kappa shape index (κ3) is 2.31. The summed E-state index contributed by atoms with van der Waals surface area (Å²) < 4.78 is 32.7. The van der Waals surface area contributed by atoms with Gasteiger partial charge in [0.05, 0.1) is 10.9 Å². The Morgan fingerprint density at radius 3 is 2.95 bits per heavy atom. The number of hydrogen-bond donors (Lipinski definition) is 3. The van der Waals surface area contributed by atoms with E-state index in [9.17, 15) is 8.42 Å². The lowest BCUT2D eigenvalue weighted by molar-refractivity contribution is 0.325. The molecule has 0 amide bonds. The highest BCUT2D eigenvalue weighted by atomic mass is 32.2. The summed E-state index contributed by atoms with van der Waals surface area (Å²) in [6.07, 6.45) is 1.44. The quantitative estimate of drug-likeness (QED) is 0.779. The van der Waals surface area contributed by atoms with Crippen molar-refractivity contribution in [1.29, 1.82) is 0 Å². The first-order valence-corrected chi connectivity index (χ1v) is 7.70. The Morgan fingerprint density at radius 2 is 2.20 bits per heavy atom. The van der Waals surface area contributed by atoms with Crippen molar-refractivity contribution in [2.75, 3.05) is 6.61 Å². The lowest BCUT2D eigenvalue weighted by atomic mass is 10.1. The Balaban J connectivity index is 1.84. The van der Waals surface area contributed by atoms with E-state index in [4.69, 9.17) is 10.5 Å². The van der Waals surface area contributed by atoms with Crippen LogP contribution in [0.2, 0.25) is 0 Å². The van der Waals surface area contributed by atoms with Crippen LogP contribution in [0.3, 0.4) is 0 Å². The molecule has 0 aliphatic carbocycles. The SMILES string of the molecule is NCc1cc(S(=O)(=O)NC2COc3ccccc32)c[nH]1. The van der Waals surface area contributed by atoms with Crippen LogP contribution in [0.1, 0.15) is 17.3 Å². The average Bonchev–Trinajstić information content (AvgIpc) is 3.06. The molecule has 0 bridgehead atoms. The third-order valence-electron chi connectivity index (χ3n) is 3.24. The van der Waals surface area contributed by atoms with Gasteiger partial charge in [-0.25, -0.2) is 13.1 Å². The van der Waals surface area contributed by atoms with E-state index in [1.807, 2.05) is 24.3 Å². The monoisotopic (exact) mass is 293 g/mol. The summed E-state index contributed by atoms with van der Waals surface area (Å²) in [6, 6.07) is 8.56. The van der Waals surface area contributed by atoms with Crippen LogP contribution in [0, 0.1) is 0 Å². The molecule has 3 rings (SSSR count). The van der Waals surface area contributed by atoms with Gasteiger partial charge in [0.15, 0.2) is 0 Å². The van der Waals surface area contributed by atoms with Crippen LogP contribution in [0.5, 0.6) is 5.75 Å². The van der Waals surface area contributed by atoms with Gasteiger partial charge in [-0.3, -0.25) is 0 Å². The van der Waals surface area contributed by atoms with Gasteiger partial charge in [-0.2, -0.15) is 0 Å². The molecule has 0 fully saturated rings. The average molecular weight is 293 g/mol. The van der Waals surface area contributed by atoms with Gasteiger partial charge in [0.2, 0.25) is 10.0 Å². The zero-order valence-electron chi connectivity index (χ0n) is 10.7. The number of H-pyrrole nitrogens is 1. The number of nitrogens with two attached hydrogens (primary N) is 1. The highest BCUT2D eigenvalue weighted by Gasteiger charge is 2.29. The summed E-state index contributed by atoms with van der Waals surface area (Å²) >= 11 is 0. The van der Waals surface area contributed by atoms with Crippen LogP contribution in [0.4, 0.5) is 0 Å². The first kappa shape index (κ1) is 13.2. The van der Waals surface area contributed by atoms with Crippen molar-refractivity contribution in [3.05, 3.63) is 47.8 Å². The number of nitrogens with one attached hydrogen (secondary N) is 2. The number of ether oxygens (including phenoxy) is 1. The first-order valence-electron chi connectivity index (χ1n) is 6.21. The Morgan fingerprint density at radius 1 is 1.40 bits per heavy atom. The normalized spacial score (nSPS) is 17.8. The number of sulfonamides is 1. The minimum absolute atomic E-state index is 0.183. The number of rotatable bonds is 4. The van der Waals surface area contributed by atoms with E-state index < -0.39 is 10.0 Å². The lowest BCUT2D eigenvalue weighted by Crippen LogP contribution is -2.29. The summed E-state index contributed by atoms with van der Waals surface area (Å²) in [7, 11) is -3.59. The molecule has 2 aromatic rings. The largest absolute Gasteiger partial charge is 0.491 e. The third-order valence-corrected chi connectivity index (χ3v) is 4.69. The molecule has 0 saturated carbocycles. The Labute approximate surface area is 117 Å². The number of fused-ring (bicyclic) bond motifs is 1. The van der Waals surface area contributed by atoms with E-state index in [0.717, 1.165) is 11.3 Å². The lowest BCUT2D eigenvalue weighted by Gasteiger charge is -2.11. The molecule has 1 aliphatic rings. The molecule has 0 radical (unpaired) electrons. The molecule has 106 valence electrons. The van der Waals surface area contributed by atoms with Crippen molar-refractivity contribution in [2.45, 2.75) is 17.5 Å². The van der Waals surface area contributed by atoms with Crippen molar-refractivity contribution in [3.63, 3.8) is 0 Å². The zero-order valence-corrected chi connectivity index (χ0v) is 11.5. The van der Waals surface area contributed by atoms with Gasteiger partial charge >= 0.3 is 0 Å². The topological polar surface area (TPSA) is 97.2 Å². The van der Waals surface area contributed by atoms with E-state index in [1.54, 1.807) is 0 Å². The fraction of sp³-hybridized carbons (Fsp3) is 0.231. The van der Waals surface area contributed by atoms with Crippen LogP contribution >= 0.6 is 0 Å². The summed E-state index contributed by atoms with van der Waals surface area (Å²) in [5, 5.41) is 0. The summed E-state index contributed by atoms with van der Waals surface area (Å²) in [6.45, 7) is 0.567. The molecule has 1 aliphatic heterocycles. The predicted octanol–water partition coefficient (Wildman–Crippen LogP) is 0.885. The molecular formula is C13H15N3O3S. The van der Waals surface area contributed by atoms with Gasteiger partial charge in [-0.05, 0) is 12.1 Å². The van der Waals surface area contributed by atoms with E-state index in [0.29, 0.717) is 12.3 Å². The summed E-state index contributed by atoms with van der Waals surface area (Å²) in [5.74, 6) is 0.719. The van der Waals surface area contributed by atoms with Crippen molar-refractivity contribution >= 4 is 10.0 Å². The second-order valence-electron chi connectivity index (χ2n) is 4.59. The maximum Gasteiger partial charge on any atom is 0.242 e. The number of aromatic amines is 1. The van der Waals surface area contributed by atoms with Gasteiger partial charge in [-0.15, -0.1) is 0 Å². The van der Waals surface area contributed by atoms with Crippen LogP contribution in [0.15, 0.2) is 41.4 Å². The minimum atomic E-state index is -3.59. The molecule has 2 heterocycles. The molecule has 1 unspecified atom stereocenters. The molecule has 1 aromatic heterocycles. The van der Waals surface area contributed by atoms with E-state index in [1.165, 1.54) is 12.3 Å². The van der Waals surface area contributed by atoms with Crippen LogP contribution < -0.4 is 15.2 Å². The van der Waals surface area contributed by atoms with Crippen molar-refractivity contribution in [2.24, 2.45) is 5.73 Å². The molecule has 1 atom stereocenters. The Kier molecular flexibility index (Phi) is 3.25. The van der Waals surface area contributed by atoms with Gasteiger partial charge < -0.3 is 15.5 Å². The molecule has 7 heteroatoms. The van der Waals surface area contributed by atoms with Gasteiger partial charge in [0.25, 0.3) is 0 Å². The molecule has 0 saturated heterocycles. The van der Waals surface area contributed by atoms with Crippen LogP contribution in [-0.2, 0) is 16.6 Å². The van der Waals surface area contributed by atoms with Crippen LogP contribution in [0.25, 0.3) is 0 Å². The predicted molar refractivity (Wildman–Crippen MR) is 73.7 cm³/mol. The van der Waals surface area contributed by atoms with E-state index in [-0.39, 0.29) is 17.5 Å². The summed E-state index contributed by atoms with van der Waals surface area (Å²) in [5.41, 5.74) is 6.99. The molecule has 20 heavy (non-hydrogen) atoms. The second kappa shape index (κ2) is 4.93. The standard InChI is InChI=1S/C13H15N3O3S/c14-6-9-5-10(7-15-9)20(17,18)16-12-8-19-13-4-2-1-3-11(12)13/h1-5,7,12,15-16H,6,8,14H2. The zero-order chi connectivity index (χ0) is 14.2. The highest BCUT2D eigenvalue weighted by Crippen LogP contribution is 2.32. The molecule has 4 N–H and O–H groups in total. The van der Waals surface area contributed by atoms with Crippen molar-refractivity contribution in [3.8, 4) is 5.75 Å². The van der Waals surface area contributed by atoms with Crippen molar-refractivity contribution in [1.82, 2.24) is 9.71 Å². The summed E-state index contributed by atoms with van der Waals surface area (Å²) in [4.78, 5) is 3.01. The molecule has 1 aromatic carbocycles. The van der Waals surface area contributed by atoms with Gasteiger partial charge in [0.1, 0.15) is 12.4 Å². The first-order chi connectivity index (χ1) is 9.60. The maximum absolute atomic E-state index is 12.3. The van der Waals surface area contributed by atoms with Gasteiger partial charge in [0, 0.05) is 24.0 Å². The number of benzene rings is 1. The smallest absolute Gasteiger partial charge is 0.242 e. The van der Waals surface area contributed by atoms with Gasteiger partial charge in [-0.1, -0.05) is 18.2 Å². The number of para-hydroxylation sites is 1.